The average Bonchev–Trinajstić information content (AvgIpc) is 2.75. The highest BCUT2D eigenvalue weighted by molar-refractivity contribution is 5.99. The van der Waals surface area contributed by atoms with Gasteiger partial charge >= 0.3 is 0 Å². The first kappa shape index (κ1) is 10.9. The summed E-state index contributed by atoms with van der Waals surface area (Å²) in [5, 5.41) is 3.00. The summed E-state index contributed by atoms with van der Waals surface area (Å²) in [7, 11) is 1.81. The van der Waals surface area contributed by atoms with E-state index >= 15 is 0 Å². The fourth-order valence-electron chi connectivity index (χ4n) is 2.07. The monoisotopic (exact) mass is 219 g/mol. The number of carbonyl (C=O) groups is 1. The van der Waals surface area contributed by atoms with Crippen LogP contribution in [0.2, 0.25) is 0 Å². The van der Waals surface area contributed by atoms with Gasteiger partial charge in [-0.25, -0.2) is 0 Å². The average molecular weight is 219 g/mol. The van der Waals surface area contributed by atoms with Crippen molar-refractivity contribution < 1.29 is 4.79 Å². The normalized spacial score (nSPS) is 19.9. The molecule has 1 aliphatic rings. The highest BCUT2D eigenvalue weighted by atomic mass is 16.2. The first-order valence-corrected chi connectivity index (χ1v) is 5.63. The van der Waals surface area contributed by atoms with Gasteiger partial charge in [0.25, 0.3) is 5.91 Å². The lowest BCUT2D eigenvalue weighted by Crippen LogP contribution is -2.29. The van der Waals surface area contributed by atoms with E-state index in [0.29, 0.717) is 11.5 Å². The van der Waals surface area contributed by atoms with Crippen LogP contribution in [0.5, 0.6) is 0 Å². The lowest BCUT2D eigenvalue weighted by molar-refractivity contribution is 0.0789. The minimum absolute atomic E-state index is 0.108. The molecular formula is C12H17N3O. The first-order chi connectivity index (χ1) is 7.72. The Morgan fingerprint density at radius 2 is 2.44 bits per heavy atom. The molecule has 16 heavy (non-hydrogen) atoms. The Morgan fingerprint density at radius 1 is 1.62 bits per heavy atom. The number of carbonyl (C=O) groups excluding carboxylic acids is 1. The van der Waals surface area contributed by atoms with Crippen molar-refractivity contribution in [2.45, 2.75) is 13.3 Å². The highest BCUT2D eigenvalue weighted by Gasteiger charge is 2.25. The second kappa shape index (κ2) is 4.51. The van der Waals surface area contributed by atoms with Gasteiger partial charge in [-0.3, -0.25) is 9.78 Å². The summed E-state index contributed by atoms with van der Waals surface area (Å²) in [6.45, 7) is 3.91. The largest absolute Gasteiger partial charge is 0.386 e. The Hall–Kier alpha value is -1.58. The number of pyridine rings is 1. The number of rotatable bonds is 2. The summed E-state index contributed by atoms with van der Waals surface area (Å²) in [6, 6.07) is 1.77. The van der Waals surface area contributed by atoms with Crippen molar-refractivity contribution in [2.24, 2.45) is 5.92 Å². The number of amides is 1. The Balaban J connectivity index is 2.20. The molecule has 1 saturated heterocycles. The highest BCUT2D eigenvalue weighted by Crippen LogP contribution is 2.21. The van der Waals surface area contributed by atoms with Crippen molar-refractivity contribution in [2.75, 3.05) is 25.5 Å². The second-order valence-electron chi connectivity index (χ2n) is 4.32. The summed E-state index contributed by atoms with van der Waals surface area (Å²) in [6.07, 6.45) is 4.45. The molecule has 0 aliphatic carbocycles. The number of nitrogens with one attached hydrogen (secondary N) is 1. The van der Waals surface area contributed by atoms with Gasteiger partial charge in [0.05, 0.1) is 17.4 Å². The Morgan fingerprint density at radius 3 is 3.06 bits per heavy atom. The van der Waals surface area contributed by atoms with E-state index in [4.69, 9.17) is 0 Å². The summed E-state index contributed by atoms with van der Waals surface area (Å²) < 4.78 is 0. The van der Waals surface area contributed by atoms with E-state index < -0.39 is 0 Å². The van der Waals surface area contributed by atoms with Gasteiger partial charge in [-0.15, -0.1) is 0 Å². The van der Waals surface area contributed by atoms with Crippen LogP contribution in [-0.4, -0.2) is 35.9 Å². The SMILES string of the molecule is CNc1cnccc1C(=O)N1CCC(C)C1. The Bertz CT molecular complexity index is 392. The van der Waals surface area contributed by atoms with E-state index in [1.165, 1.54) is 0 Å². The van der Waals surface area contributed by atoms with Gasteiger partial charge in [0, 0.05) is 26.3 Å². The molecule has 0 spiro atoms. The second-order valence-corrected chi connectivity index (χ2v) is 4.32. The van der Waals surface area contributed by atoms with Crippen LogP contribution in [0.25, 0.3) is 0 Å². The predicted molar refractivity (Wildman–Crippen MR) is 63.5 cm³/mol. The molecule has 1 unspecified atom stereocenters. The summed E-state index contributed by atoms with van der Waals surface area (Å²) in [5.41, 5.74) is 1.51. The first-order valence-electron chi connectivity index (χ1n) is 5.63. The molecule has 0 bridgehead atoms. The third kappa shape index (κ3) is 2.01. The zero-order valence-corrected chi connectivity index (χ0v) is 9.73. The minimum atomic E-state index is 0.108. The summed E-state index contributed by atoms with van der Waals surface area (Å²) in [4.78, 5) is 18.2. The van der Waals surface area contributed by atoms with Crippen LogP contribution < -0.4 is 5.32 Å². The molecule has 2 heterocycles. The zero-order valence-electron chi connectivity index (χ0n) is 9.73. The molecule has 1 aliphatic heterocycles. The van der Waals surface area contributed by atoms with Gasteiger partial charge in [-0.2, -0.15) is 0 Å². The molecule has 1 N–H and O–H groups in total. The van der Waals surface area contributed by atoms with Crippen molar-refractivity contribution in [1.29, 1.82) is 0 Å². The molecule has 0 radical (unpaired) electrons. The zero-order chi connectivity index (χ0) is 11.5. The van der Waals surface area contributed by atoms with E-state index in [9.17, 15) is 4.79 Å². The van der Waals surface area contributed by atoms with Gasteiger partial charge in [-0.1, -0.05) is 6.92 Å². The van der Waals surface area contributed by atoms with Crippen molar-refractivity contribution in [3.8, 4) is 0 Å². The molecule has 86 valence electrons. The number of anilines is 1. The van der Waals surface area contributed by atoms with Crippen LogP contribution >= 0.6 is 0 Å². The van der Waals surface area contributed by atoms with Crippen molar-refractivity contribution in [3.63, 3.8) is 0 Å². The molecule has 1 fully saturated rings. The maximum absolute atomic E-state index is 12.2. The fraction of sp³-hybridized carbons (Fsp3) is 0.500. The standard InChI is InChI=1S/C12H17N3O/c1-9-4-6-15(8-9)12(16)10-3-5-14-7-11(10)13-2/h3,5,7,9,13H,4,6,8H2,1-2H3. The van der Waals surface area contributed by atoms with E-state index in [0.717, 1.165) is 25.2 Å². The van der Waals surface area contributed by atoms with Crippen molar-refractivity contribution in [3.05, 3.63) is 24.0 Å². The van der Waals surface area contributed by atoms with Gasteiger partial charge in [0.15, 0.2) is 0 Å². The lowest BCUT2D eigenvalue weighted by Gasteiger charge is -2.17. The molecule has 1 aromatic rings. The van der Waals surface area contributed by atoms with Crippen LogP contribution in [0.3, 0.4) is 0 Å². The molecule has 1 atom stereocenters. The number of aromatic nitrogens is 1. The smallest absolute Gasteiger partial charge is 0.256 e. The van der Waals surface area contributed by atoms with Gasteiger partial charge in [-0.05, 0) is 18.4 Å². The number of likely N-dealkylation sites (tertiary alicyclic amines) is 1. The van der Waals surface area contributed by atoms with E-state index in [1.807, 2.05) is 4.90 Å². The molecule has 2 rings (SSSR count). The third-order valence-corrected chi connectivity index (χ3v) is 3.03. The molecule has 1 amide bonds. The molecule has 4 nitrogen and oxygen atoms in total. The topological polar surface area (TPSA) is 45.2 Å². The van der Waals surface area contributed by atoms with Gasteiger partial charge in [0.2, 0.25) is 0 Å². The quantitative estimate of drug-likeness (QED) is 0.821. The van der Waals surface area contributed by atoms with Crippen LogP contribution in [0.1, 0.15) is 23.7 Å². The molecule has 0 saturated carbocycles. The lowest BCUT2D eigenvalue weighted by atomic mass is 10.2. The van der Waals surface area contributed by atoms with Crippen LogP contribution in [0, 0.1) is 5.92 Å². The van der Waals surface area contributed by atoms with Crippen LogP contribution in [0.15, 0.2) is 18.5 Å². The summed E-state index contributed by atoms with van der Waals surface area (Å²) in [5.74, 6) is 0.722. The van der Waals surface area contributed by atoms with E-state index in [1.54, 1.807) is 25.5 Å². The van der Waals surface area contributed by atoms with Gasteiger partial charge in [0.1, 0.15) is 0 Å². The predicted octanol–water partition coefficient (Wildman–Crippen LogP) is 1.61. The Labute approximate surface area is 95.7 Å². The maximum Gasteiger partial charge on any atom is 0.256 e. The minimum Gasteiger partial charge on any atom is -0.386 e. The van der Waals surface area contributed by atoms with Gasteiger partial charge < -0.3 is 10.2 Å². The number of hydrogen-bond donors (Lipinski definition) is 1. The molecular weight excluding hydrogens is 202 g/mol. The fourth-order valence-corrected chi connectivity index (χ4v) is 2.07. The van der Waals surface area contributed by atoms with E-state index in [2.05, 4.69) is 17.2 Å². The van der Waals surface area contributed by atoms with E-state index in [-0.39, 0.29) is 5.91 Å². The van der Waals surface area contributed by atoms with Crippen molar-refractivity contribution in [1.82, 2.24) is 9.88 Å². The Kier molecular flexibility index (Phi) is 3.08. The molecule has 0 aromatic carbocycles. The number of hydrogen-bond acceptors (Lipinski definition) is 3. The van der Waals surface area contributed by atoms with Crippen LogP contribution in [0.4, 0.5) is 5.69 Å². The van der Waals surface area contributed by atoms with Crippen LogP contribution in [-0.2, 0) is 0 Å². The van der Waals surface area contributed by atoms with Crippen molar-refractivity contribution >= 4 is 11.6 Å². The maximum atomic E-state index is 12.2. The summed E-state index contributed by atoms with van der Waals surface area (Å²) >= 11 is 0. The molecule has 4 heteroatoms. The third-order valence-electron chi connectivity index (χ3n) is 3.03. The number of nitrogens with zero attached hydrogens (tertiary/aromatic N) is 2. The molecule has 1 aromatic heterocycles.